The van der Waals surface area contributed by atoms with E-state index >= 15 is 0 Å². The molecular formula is C13H11ClN4O. The smallest absolute Gasteiger partial charge is 0.225 e. The van der Waals surface area contributed by atoms with Gasteiger partial charge in [-0.05, 0) is 29.8 Å². The second-order valence-corrected chi connectivity index (χ2v) is 4.45. The number of aromatic nitrogens is 4. The highest BCUT2D eigenvalue weighted by molar-refractivity contribution is 6.28. The van der Waals surface area contributed by atoms with Crippen molar-refractivity contribution in [3.05, 3.63) is 36.0 Å². The zero-order chi connectivity index (χ0) is 13.4. The molecule has 1 aromatic carbocycles. The summed E-state index contributed by atoms with van der Waals surface area (Å²) in [7, 11) is 3.62. The molecule has 96 valence electrons. The Balaban J connectivity index is 2.28. The molecule has 3 rings (SSSR count). The minimum atomic E-state index is 0.185. The maximum Gasteiger partial charge on any atom is 0.225 e. The molecule has 5 nitrogen and oxygen atoms in total. The number of halogens is 1. The number of benzene rings is 1. The maximum atomic E-state index is 5.82. The van der Waals surface area contributed by atoms with E-state index in [4.69, 9.17) is 16.3 Å². The van der Waals surface area contributed by atoms with Crippen LogP contribution in [0.4, 0.5) is 0 Å². The molecular weight excluding hydrogens is 264 g/mol. The molecule has 0 aliphatic carbocycles. The van der Waals surface area contributed by atoms with E-state index in [2.05, 4.69) is 15.0 Å². The van der Waals surface area contributed by atoms with Gasteiger partial charge in [0.25, 0.3) is 0 Å². The van der Waals surface area contributed by atoms with Crippen molar-refractivity contribution in [3.8, 4) is 17.1 Å². The van der Waals surface area contributed by atoms with Crippen LogP contribution in [0.1, 0.15) is 0 Å². The molecule has 0 fully saturated rings. The van der Waals surface area contributed by atoms with Crippen LogP contribution >= 0.6 is 11.6 Å². The zero-order valence-electron chi connectivity index (χ0n) is 10.5. The molecule has 0 aliphatic rings. The molecule has 0 bridgehead atoms. The Morgan fingerprint density at radius 3 is 2.84 bits per heavy atom. The van der Waals surface area contributed by atoms with E-state index in [1.807, 2.05) is 36.0 Å². The molecule has 0 unspecified atom stereocenters. The fraction of sp³-hybridized carbons (Fsp3) is 0.154. The molecule has 0 saturated heterocycles. The zero-order valence-corrected chi connectivity index (χ0v) is 11.2. The molecule has 0 radical (unpaired) electrons. The molecule has 0 spiro atoms. The summed E-state index contributed by atoms with van der Waals surface area (Å²) in [6.07, 6.45) is 3.37. The number of nitrogens with zero attached hydrogens (tertiary/aromatic N) is 4. The predicted octanol–water partition coefficient (Wildman–Crippen LogP) is 2.69. The third-order valence-corrected chi connectivity index (χ3v) is 3.16. The van der Waals surface area contributed by atoms with Gasteiger partial charge in [0.05, 0.1) is 7.11 Å². The van der Waals surface area contributed by atoms with Gasteiger partial charge in [0.15, 0.2) is 5.82 Å². The summed E-state index contributed by atoms with van der Waals surface area (Å²) in [4.78, 5) is 12.1. The predicted molar refractivity (Wildman–Crippen MR) is 73.3 cm³/mol. The average Bonchev–Trinajstić information content (AvgIpc) is 2.75. The van der Waals surface area contributed by atoms with Gasteiger partial charge in [0.1, 0.15) is 12.1 Å². The van der Waals surface area contributed by atoms with Gasteiger partial charge in [0, 0.05) is 29.7 Å². The Morgan fingerprint density at radius 1 is 1.26 bits per heavy atom. The van der Waals surface area contributed by atoms with Crippen molar-refractivity contribution in [2.45, 2.75) is 0 Å². The fourth-order valence-electron chi connectivity index (χ4n) is 2.08. The highest BCUT2D eigenvalue weighted by Crippen LogP contribution is 2.30. The minimum absolute atomic E-state index is 0.185. The lowest BCUT2D eigenvalue weighted by Crippen LogP contribution is -1.90. The normalized spacial score (nSPS) is 10.9. The van der Waals surface area contributed by atoms with E-state index in [1.165, 1.54) is 6.33 Å². The monoisotopic (exact) mass is 274 g/mol. The first-order valence-electron chi connectivity index (χ1n) is 5.67. The van der Waals surface area contributed by atoms with Crippen LogP contribution in [0.15, 0.2) is 30.7 Å². The second kappa shape index (κ2) is 4.51. The third-order valence-electron chi connectivity index (χ3n) is 2.98. The topological polar surface area (TPSA) is 52.8 Å². The van der Waals surface area contributed by atoms with Crippen LogP contribution in [0.3, 0.4) is 0 Å². The fourth-order valence-corrected chi connectivity index (χ4v) is 2.21. The van der Waals surface area contributed by atoms with Crippen LogP contribution in [0.2, 0.25) is 5.28 Å². The summed E-state index contributed by atoms with van der Waals surface area (Å²) in [5.74, 6) is 1.35. The van der Waals surface area contributed by atoms with Gasteiger partial charge in [0.2, 0.25) is 5.28 Å². The summed E-state index contributed by atoms with van der Waals surface area (Å²) in [6.45, 7) is 0. The molecule has 0 atom stereocenters. The van der Waals surface area contributed by atoms with Gasteiger partial charge in [-0.25, -0.2) is 9.97 Å². The van der Waals surface area contributed by atoms with Gasteiger partial charge in [-0.15, -0.1) is 0 Å². The Bertz CT molecular complexity index is 753. The minimum Gasteiger partial charge on any atom is -0.497 e. The van der Waals surface area contributed by atoms with Crippen LogP contribution < -0.4 is 4.74 Å². The average molecular weight is 275 g/mol. The van der Waals surface area contributed by atoms with E-state index in [9.17, 15) is 0 Å². The maximum absolute atomic E-state index is 5.82. The van der Waals surface area contributed by atoms with Crippen LogP contribution in [-0.2, 0) is 7.05 Å². The van der Waals surface area contributed by atoms with Gasteiger partial charge in [-0.3, -0.25) is 0 Å². The summed E-state index contributed by atoms with van der Waals surface area (Å²) in [5.41, 5.74) is 1.98. The number of hydrogen-bond acceptors (Lipinski definition) is 4. The number of hydrogen-bond donors (Lipinski definition) is 0. The molecule has 2 heterocycles. The summed E-state index contributed by atoms with van der Waals surface area (Å²) in [5, 5.41) is 1.20. The number of methoxy groups -OCH3 is 1. The lowest BCUT2D eigenvalue weighted by Gasteiger charge is -2.01. The number of ether oxygens (including phenoxy) is 1. The van der Waals surface area contributed by atoms with Crippen LogP contribution in [0, 0.1) is 0 Å². The number of aryl methyl sites for hydroxylation is 1. The Labute approximate surface area is 114 Å². The molecule has 2 aromatic heterocycles. The van der Waals surface area contributed by atoms with E-state index in [1.54, 1.807) is 7.11 Å². The molecule has 0 aliphatic heterocycles. The Kier molecular flexibility index (Phi) is 2.83. The standard InChI is InChI=1S/C13H11ClN4O/c1-18-6-10(12-15-7-16-13(14)17-12)9-5-8(19-2)3-4-11(9)18/h3-7H,1-2H3. The van der Waals surface area contributed by atoms with Gasteiger partial charge < -0.3 is 9.30 Å². The largest absolute Gasteiger partial charge is 0.497 e. The Hall–Kier alpha value is -2.14. The molecule has 6 heteroatoms. The quantitative estimate of drug-likeness (QED) is 0.721. The van der Waals surface area contributed by atoms with Crippen molar-refractivity contribution in [3.63, 3.8) is 0 Å². The van der Waals surface area contributed by atoms with Crippen molar-refractivity contribution in [2.24, 2.45) is 7.05 Å². The van der Waals surface area contributed by atoms with E-state index < -0.39 is 0 Å². The summed E-state index contributed by atoms with van der Waals surface area (Å²) < 4.78 is 7.27. The SMILES string of the molecule is COc1ccc2c(c1)c(-c1ncnc(Cl)n1)cn2C. The van der Waals surface area contributed by atoms with Crippen molar-refractivity contribution in [1.82, 2.24) is 19.5 Å². The van der Waals surface area contributed by atoms with Crippen molar-refractivity contribution in [1.29, 1.82) is 0 Å². The first kappa shape index (κ1) is 11.9. The molecule has 19 heavy (non-hydrogen) atoms. The number of fused-ring (bicyclic) bond motifs is 1. The molecule has 0 amide bonds. The van der Waals surface area contributed by atoms with E-state index in [0.717, 1.165) is 22.2 Å². The van der Waals surface area contributed by atoms with Crippen LogP contribution in [0.25, 0.3) is 22.3 Å². The highest BCUT2D eigenvalue weighted by atomic mass is 35.5. The van der Waals surface area contributed by atoms with Gasteiger partial charge >= 0.3 is 0 Å². The van der Waals surface area contributed by atoms with Crippen molar-refractivity contribution >= 4 is 22.5 Å². The van der Waals surface area contributed by atoms with Crippen molar-refractivity contribution in [2.75, 3.05) is 7.11 Å². The first-order valence-corrected chi connectivity index (χ1v) is 6.05. The molecule has 0 saturated carbocycles. The summed E-state index contributed by atoms with van der Waals surface area (Å²) >= 11 is 5.82. The van der Waals surface area contributed by atoms with Gasteiger partial charge in [-0.1, -0.05) is 0 Å². The molecule has 0 N–H and O–H groups in total. The van der Waals surface area contributed by atoms with Gasteiger partial charge in [-0.2, -0.15) is 4.98 Å². The number of rotatable bonds is 2. The lowest BCUT2D eigenvalue weighted by molar-refractivity contribution is 0.415. The van der Waals surface area contributed by atoms with Crippen LogP contribution in [0.5, 0.6) is 5.75 Å². The van der Waals surface area contributed by atoms with E-state index in [0.29, 0.717) is 5.82 Å². The second-order valence-electron chi connectivity index (χ2n) is 4.11. The lowest BCUT2D eigenvalue weighted by atomic mass is 10.1. The Morgan fingerprint density at radius 2 is 2.11 bits per heavy atom. The molecule has 3 aromatic rings. The van der Waals surface area contributed by atoms with Crippen LogP contribution in [-0.4, -0.2) is 26.6 Å². The van der Waals surface area contributed by atoms with Crippen molar-refractivity contribution < 1.29 is 4.74 Å². The third kappa shape index (κ3) is 2.02. The van der Waals surface area contributed by atoms with E-state index in [-0.39, 0.29) is 5.28 Å². The summed E-state index contributed by atoms with van der Waals surface area (Å²) in [6, 6.07) is 5.88. The highest BCUT2D eigenvalue weighted by Gasteiger charge is 2.12. The first-order chi connectivity index (χ1) is 9.19.